The third kappa shape index (κ3) is 3.96. The maximum Gasteiger partial charge on any atom is 0.248 e. The van der Waals surface area contributed by atoms with Gasteiger partial charge in [0.15, 0.2) is 6.04 Å². The monoisotopic (exact) mass is 377 g/mol. The van der Waals surface area contributed by atoms with Gasteiger partial charge in [-0.3, -0.25) is 14.3 Å². The zero-order valence-corrected chi connectivity index (χ0v) is 16.6. The number of ketones is 1. The van der Waals surface area contributed by atoms with E-state index in [1.807, 2.05) is 31.2 Å². The predicted molar refractivity (Wildman–Crippen MR) is 111 cm³/mol. The number of benzene rings is 2. The molecule has 146 valence electrons. The number of Topliss-reactive ketones (excluding diaryl/α,β-unsaturated/α-hetero) is 1. The maximum absolute atomic E-state index is 13.0. The molecule has 1 fully saturated rings. The van der Waals surface area contributed by atoms with Gasteiger partial charge in [-0.05, 0) is 50.5 Å². The van der Waals surface area contributed by atoms with Gasteiger partial charge in [-0.25, -0.2) is 0 Å². The van der Waals surface area contributed by atoms with Gasteiger partial charge in [0.25, 0.3) is 0 Å². The first kappa shape index (κ1) is 18.7. The Balaban J connectivity index is 1.55. The summed E-state index contributed by atoms with van der Waals surface area (Å²) in [5.74, 6) is 2.34. The Hall–Kier alpha value is -2.62. The van der Waals surface area contributed by atoms with Gasteiger partial charge in [-0.2, -0.15) is 0 Å². The zero-order valence-electron chi connectivity index (χ0n) is 16.6. The zero-order chi connectivity index (χ0) is 19.3. The van der Waals surface area contributed by atoms with E-state index in [9.17, 15) is 4.79 Å². The molecule has 1 saturated heterocycles. The van der Waals surface area contributed by atoms with Gasteiger partial charge in [-0.1, -0.05) is 30.3 Å². The van der Waals surface area contributed by atoms with Crippen LogP contribution in [0.25, 0.3) is 0 Å². The fourth-order valence-electron chi connectivity index (χ4n) is 4.39. The molecule has 4 heteroatoms. The molecule has 28 heavy (non-hydrogen) atoms. The van der Waals surface area contributed by atoms with E-state index in [1.165, 1.54) is 30.7 Å². The first-order chi connectivity index (χ1) is 13.8. The Morgan fingerprint density at radius 2 is 1.86 bits per heavy atom. The van der Waals surface area contributed by atoms with Crippen LogP contribution in [0.3, 0.4) is 0 Å². The quantitative estimate of drug-likeness (QED) is 0.555. The molecular weight excluding hydrogens is 348 g/mol. The molecule has 1 atom stereocenters. The van der Waals surface area contributed by atoms with Gasteiger partial charge < -0.3 is 4.74 Å². The number of carbonyl (C=O) groups is 1. The average Bonchev–Trinajstić information content (AvgIpc) is 2.90. The second-order valence-corrected chi connectivity index (χ2v) is 7.61. The van der Waals surface area contributed by atoms with Gasteiger partial charge in [0.2, 0.25) is 11.6 Å². The number of ether oxygens (including phenoxy) is 1. The highest BCUT2D eigenvalue weighted by Crippen LogP contribution is 2.30. The van der Waals surface area contributed by atoms with Crippen LogP contribution in [-0.4, -0.2) is 47.3 Å². The lowest BCUT2D eigenvalue weighted by atomic mass is 10.1. The molecule has 0 amide bonds. The largest absolute Gasteiger partial charge is 0.494 e. The van der Waals surface area contributed by atoms with Gasteiger partial charge in [0.1, 0.15) is 18.8 Å². The lowest BCUT2D eigenvalue weighted by Gasteiger charge is -2.19. The number of hydrogen-bond acceptors (Lipinski definition) is 3. The van der Waals surface area contributed by atoms with Crippen LogP contribution in [0.1, 0.15) is 54.6 Å². The minimum Gasteiger partial charge on any atom is -0.494 e. The summed E-state index contributed by atoms with van der Waals surface area (Å²) in [6.07, 6.45) is 4.77. The van der Waals surface area contributed by atoms with Crippen LogP contribution in [0.5, 0.6) is 5.75 Å². The second-order valence-electron chi connectivity index (χ2n) is 7.61. The molecule has 2 aliphatic heterocycles. The van der Waals surface area contributed by atoms with Crippen LogP contribution in [-0.2, 0) is 0 Å². The summed E-state index contributed by atoms with van der Waals surface area (Å²) in [7, 11) is 0. The normalized spacial score (nSPS) is 19.3. The number of rotatable bonds is 6. The van der Waals surface area contributed by atoms with Crippen molar-refractivity contribution in [3.05, 3.63) is 65.7 Å². The van der Waals surface area contributed by atoms with Crippen LogP contribution < -0.4 is 4.74 Å². The fraction of sp³-hybridized carbons (Fsp3) is 0.417. The van der Waals surface area contributed by atoms with Crippen LogP contribution in [0.15, 0.2) is 54.6 Å². The van der Waals surface area contributed by atoms with Crippen LogP contribution in [0, 0.1) is 0 Å². The Morgan fingerprint density at radius 3 is 2.61 bits per heavy atom. The highest BCUT2D eigenvalue weighted by atomic mass is 16.5. The summed E-state index contributed by atoms with van der Waals surface area (Å²) in [5, 5.41) is 0. The third-order valence-electron chi connectivity index (χ3n) is 5.77. The molecule has 2 aromatic carbocycles. The molecule has 0 spiro atoms. The van der Waals surface area contributed by atoms with Crippen LogP contribution in [0.4, 0.5) is 0 Å². The van der Waals surface area contributed by atoms with Crippen molar-refractivity contribution in [2.24, 2.45) is 0 Å². The summed E-state index contributed by atoms with van der Waals surface area (Å²) < 4.78 is 7.81. The van der Waals surface area contributed by atoms with Crippen molar-refractivity contribution in [1.82, 2.24) is 4.90 Å². The van der Waals surface area contributed by atoms with Crippen LogP contribution >= 0.6 is 0 Å². The van der Waals surface area contributed by atoms with Crippen molar-refractivity contribution in [3.8, 4) is 5.75 Å². The first-order valence-electron chi connectivity index (χ1n) is 10.4. The summed E-state index contributed by atoms with van der Waals surface area (Å²) >= 11 is 0. The Kier molecular flexibility index (Phi) is 5.75. The van der Waals surface area contributed by atoms with Crippen molar-refractivity contribution in [1.29, 1.82) is 0 Å². The van der Waals surface area contributed by atoms with E-state index in [2.05, 4.69) is 39.8 Å². The Labute approximate surface area is 167 Å². The van der Waals surface area contributed by atoms with Crippen molar-refractivity contribution < 1.29 is 14.1 Å². The minimum atomic E-state index is 0.174. The molecule has 0 aliphatic carbocycles. The summed E-state index contributed by atoms with van der Waals surface area (Å²) in [6.45, 7) is 5.02. The topological polar surface area (TPSA) is 32.6 Å². The molecule has 0 bridgehead atoms. The lowest BCUT2D eigenvalue weighted by Crippen LogP contribution is -2.31. The highest BCUT2D eigenvalue weighted by molar-refractivity contribution is 5.97. The SMILES string of the molecule is CCOc1ccc(C(=O)C[N+]2=C3CCCCCN3C(c3ccccc3)C2)cc1. The van der Waals surface area contributed by atoms with Gasteiger partial charge in [-0.15, -0.1) is 0 Å². The number of carbonyl (C=O) groups excluding carboxylic acids is 1. The summed E-state index contributed by atoms with van der Waals surface area (Å²) in [4.78, 5) is 15.5. The summed E-state index contributed by atoms with van der Waals surface area (Å²) in [5.41, 5.74) is 2.10. The maximum atomic E-state index is 13.0. The second kappa shape index (κ2) is 8.59. The Bertz CT molecular complexity index is 843. The van der Waals surface area contributed by atoms with E-state index in [0.717, 1.165) is 30.8 Å². The molecule has 4 nitrogen and oxygen atoms in total. The molecule has 0 saturated carbocycles. The predicted octanol–water partition coefficient (Wildman–Crippen LogP) is 4.31. The molecule has 0 N–H and O–H groups in total. The molecule has 2 aromatic rings. The summed E-state index contributed by atoms with van der Waals surface area (Å²) in [6, 6.07) is 18.6. The van der Waals surface area contributed by atoms with Crippen molar-refractivity contribution in [3.63, 3.8) is 0 Å². The highest BCUT2D eigenvalue weighted by Gasteiger charge is 2.41. The smallest absolute Gasteiger partial charge is 0.248 e. The molecule has 4 rings (SSSR count). The van der Waals surface area contributed by atoms with E-state index in [1.54, 1.807) is 0 Å². The number of amidine groups is 1. The molecular formula is C24H29N2O2+. The molecule has 2 heterocycles. The van der Waals surface area contributed by atoms with Gasteiger partial charge >= 0.3 is 0 Å². The van der Waals surface area contributed by atoms with Crippen molar-refractivity contribution in [2.45, 2.75) is 38.6 Å². The van der Waals surface area contributed by atoms with E-state index < -0.39 is 0 Å². The molecule has 0 aromatic heterocycles. The number of hydrogen-bond donors (Lipinski definition) is 0. The number of nitrogens with zero attached hydrogens (tertiary/aromatic N) is 2. The van der Waals surface area contributed by atoms with E-state index in [-0.39, 0.29) is 5.78 Å². The molecule has 1 unspecified atom stereocenters. The minimum absolute atomic E-state index is 0.174. The van der Waals surface area contributed by atoms with Gasteiger partial charge in [0, 0.05) is 17.5 Å². The number of fused-ring (bicyclic) bond motifs is 1. The Morgan fingerprint density at radius 1 is 1.07 bits per heavy atom. The van der Waals surface area contributed by atoms with Crippen molar-refractivity contribution >= 4 is 11.6 Å². The van der Waals surface area contributed by atoms with Crippen molar-refractivity contribution in [2.75, 3.05) is 26.2 Å². The molecule has 2 aliphatic rings. The average molecular weight is 378 g/mol. The molecule has 0 radical (unpaired) electrons. The van der Waals surface area contributed by atoms with E-state index in [0.29, 0.717) is 19.2 Å². The standard InChI is InChI=1S/C24H29N2O2/c1-2-28-21-14-12-20(13-15-21)23(27)18-25-17-22(19-9-5-3-6-10-19)26-16-8-4-7-11-24(25)26/h3,5-6,9-10,12-15,22H,2,4,7-8,11,16-18H2,1H3/q+1. The van der Waals surface area contributed by atoms with Crippen LogP contribution in [0.2, 0.25) is 0 Å². The van der Waals surface area contributed by atoms with E-state index in [4.69, 9.17) is 4.74 Å². The first-order valence-corrected chi connectivity index (χ1v) is 10.4. The third-order valence-corrected chi connectivity index (χ3v) is 5.77. The lowest BCUT2D eigenvalue weighted by molar-refractivity contribution is -0.509. The van der Waals surface area contributed by atoms with Gasteiger partial charge in [0.05, 0.1) is 13.2 Å². The van der Waals surface area contributed by atoms with E-state index >= 15 is 0 Å². The fourth-order valence-corrected chi connectivity index (χ4v) is 4.39.